The van der Waals surface area contributed by atoms with Crippen LogP contribution < -0.4 is 5.32 Å². The van der Waals surface area contributed by atoms with Crippen LogP contribution in [0.15, 0.2) is 30.3 Å². The topological polar surface area (TPSA) is 77.6 Å². The number of aromatic nitrogens is 5. The molecule has 0 bridgehead atoms. The van der Waals surface area contributed by atoms with Gasteiger partial charge in [0.15, 0.2) is 11.5 Å². The van der Waals surface area contributed by atoms with Crippen LogP contribution in [0.5, 0.6) is 0 Å². The number of anilines is 1. The van der Waals surface area contributed by atoms with Crippen LogP contribution in [0, 0.1) is 19.7 Å². The second-order valence-corrected chi connectivity index (χ2v) is 9.29. The molecule has 0 spiro atoms. The Balaban J connectivity index is 1.39. The van der Waals surface area contributed by atoms with E-state index in [9.17, 15) is 22.4 Å². The standard InChI is InChI=1S/C24H21ClF4N6O/c1-12-8-20(33-34(12)10-15-17(25)4-3-5-18(15)26)31-21(36)11-35-23-22(13(2)32-35)16(24(27,28)29)9-19(30-23)14-6-7-14/h3-5,8-9,14H,6-7,10-11H2,1-2H3,(H,31,33,36). The van der Waals surface area contributed by atoms with Gasteiger partial charge in [-0.2, -0.15) is 23.4 Å². The van der Waals surface area contributed by atoms with Gasteiger partial charge in [0.1, 0.15) is 12.4 Å². The third kappa shape index (κ3) is 4.67. The first kappa shape index (κ1) is 24.2. The average Bonchev–Trinajstić information content (AvgIpc) is 3.52. The van der Waals surface area contributed by atoms with E-state index in [0.717, 1.165) is 18.9 Å². The molecule has 1 N–H and O–H groups in total. The van der Waals surface area contributed by atoms with Gasteiger partial charge >= 0.3 is 6.18 Å². The molecule has 0 saturated heterocycles. The number of carbonyl (C=O) groups is 1. The van der Waals surface area contributed by atoms with Crippen LogP contribution in [0.25, 0.3) is 11.0 Å². The quantitative estimate of drug-likeness (QED) is 0.335. The van der Waals surface area contributed by atoms with E-state index in [4.69, 9.17) is 11.6 Å². The number of fused-ring (bicyclic) bond motifs is 1. The number of nitrogens with one attached hydrogen (secondary N) is 1. The molecule has 0 aliphatic heterocycles. The van der Waals surface area contributed by atoms with Crippen molar-refractivity contribution in [3.63, 3.8) is 0 Å². The van der Waals surface area contributed by atoms with Gasteiger partial charge < -0.3 is 5.32 Å². The lowest BCUT2D eigenvalue weighted by Crippen LogP contribution is -2.20. The zero-order chi connectivity index (χ0) is 25.8. The van der Waals surface area contributed by atoms with Gasteiger partial charge in [0.05, 0.1) is 23.2 Å². The number of pyridine rings is 1. The van der Waals surface area contributed by atoms with Crippen molar-refractivity contribution in [1.82, 2.24) is 24.5 Å². The Morgan fingerprint density at radius 3 is 2.58 bits per heavy atom. The predicted molar refractivity (Wildman–Crippen MR) is 125 cm³/mol. The van der Waals surface area contributed by atoms with Gasteiger partial charge in [-0.3, -0.25) is 9.48 Å². The Kier molecular flexibility index (Phi) is 5.98. The lowest BCUT2D eigenvalue weighted by atomic mass is 10.1. The van der Waals surface area contributed by atoms with E-state index in [1.807, 2.05) is 0 Å². The van der Waals surface area contributed by atoms with Gasteiger partial charge in [-0.1, -0.05) is 17.7 Å². The molecule has 4 aromatic rings. The number of halogens is 5. The van der Waals surface area contributed by atoms with Crippen molar-refractivity contribution in [2.24, 2.45) is 0 Å². The molecule has 1 saturated carbocycles. The summed E-state index contributed by atoms with van der Waals surface area (Å²) in [6.45, 7) is 2.91. The highest BCUT2D eigenvalue weighted by molar-refractivity contribution is 6.31. The third-order valence-corrected chi connectivity index (χ3v) is 6.46. The molecule has 1 aliphatic carbocycles. The molecule has 3 heterocycles. The van der Waals surface area contributed by atoms with Crippen molar-refractivity contribution in [2.75, 3.05) is 5.32 Å². The number of carbonyl (C=O) groups excluding carboxylic acids is 1. The van der Waals surface area contributed by atoms with Crippen LogP contribution in [0.2, 0.25) is 5.02 Å². The van der Waals surface area contributed by atoms with Crippen molar-refractivity contribution in [1.29, 1.82) is 0 Å². The molecule has 0 radical (unpaired) electrons. The molecule has 12 heteroatoms. The summed E-state index contributed by atoms with van der Waals surface area (Å²) in [5.74, 6) is -0.816. The Bertz CT molecular complexity index is 1470. The fourth-order valence-corrected chi connectivity index (χ4v) is 4.40. The minimum atomic E-state index is -4.57. The number of amides is 1. The molecule has 1 fully saturated rings. The summed E-state index contributed by atoms with van der Waals surface area (Å²) < 4.78 is 58.2. The molecule has 1 aliphatic rings. The maximum absolute atomic E-state index is 14.2. The predicted octanol–water partition coefficient (Wildman–Crippen LogP) is 5.62. The largest absolute Gasteiger partial charge is 0.417 e. The molecular formula is C24H21ClF4N6O. The molecule has 36 heavy (non-hydrogen) atoms. The summed E-state index contributed by atoms with van der Waals surface area (Å²) in [6.07, 6.45) is -3.01. The molecule has 1 amide bonds. The Labute approximate surface area is 208 Å². The van der Waals surface area contributed by atoms with E-state index in [-0.39, 0.29) is 52.1 Å². The van der Waals surface area contributed by atoms with Crippen molar-refractivity contribution >= 4 is 34.4 Å². The first-order valence-corrected chi connectivity index (χ1v) is 11.6. The zero-order valence-corrected chi connectivity index (χ0v) is 20.1. The van der Waals surface area contributed by atoms with Crippen LogP contribution in [0.4, 0.5) is 23.4 Å². The van der Waals surface area contributed by atoms with Gasteiger partial charge in [0.2, 0.25) is 5.91 Å². The summed E-state index contributed by atoms with van der Waals surface area (Å²) in [5.41, 5.74) is 0.643. The number of nitrogens with zero attached hydrogens (tertiary/aromatic N) is 5. The lowest BCUT2D eigenvalue weighted by Gasteiger charge is -2.11. The van der Waals surface area contributed by atoms with Gasteiger partial charge in [-0.05, 0) is 44.9 Å². The van der Waals surface area contributed by atoms with Crippen LogP contribution in [-0.2, 0) is 24.1 Å². The highest BCUT2D eigenvalue weighted by atomic mass is 35.5. The Morgan fingerprint density at radius 2 is 1.92 bits per heavy atom. The third-order valence-electron chi connectivity index (χ3n) is 6.11. The van der Waals surface area contributed by atoms with Crippen LogP contribution in [0.1, 0.15) is 47.0 Å². The number of hydrogen-bond acceptors (Lipinski definition) is 4. The number of hydrogen-bond donors (Lipinski definition) is 1. The smallest absolute Gasteiger partial charge is 0.308 e. The first-order valence-electron chi connectivity index (χ1n) is 11.2. The number of aryl methyl sites for hydroxylation is 2. The van der Waals surface area contributed by atoms with E-state index < -0.39 is 23.5 Å². The number of alkyl halides is 3. The Hall–Kier alpha value is -3.47. The van der Waals surface area contributed by atoms with E-state index >= 15 is 0 Å². The highest BCUT2D eigenvalue weighted by Gasteiger charge is 2.37. The molecule has 3 aromatic heterocycles. The Morgan fingerprint density at radius 1 is 1.17 bits per heavy atom. The summed E-state index contributed by atoms with van der Waals surface area (Å²) in [6, 6.07) is 7.07. The van der Waals surface area contributed by atoms with Gasteiger partial charge in [0, 0.05) is 34.0 Å². The lowest BCUT2D eigenvalue weighted by molar-refractivity contribution is -0.136. The average molecular weight is 521 g/mol. The highest BCUT2D eigenvalue weighted by Crippen LogP contribution is 2.43. The van der Waals surface area contributed by atoms with E-state index in [1.54, 1.807) is 19.1 Å². The molecule has 5 rings (SSSR count). The SMILES string of the molecule is Cc1nn(CC(=O)Nc2cc(C)n(Cc3c(F)cccc3Cl)n2)c2nc(C3CC3)cc(C(F)(F)F)c12. The van der Waals surface area contributed by atoms with Gasteiger partial charge in [-0.15, -0.1) is 0 Å². The van der Waals surface area contributed by atoms with Crippen molar-refractivity contribution in [3.05, 3.63) is 69.4 Å². The normalized spacial score (nSPS) is 14.0. The maximum atomic E-state index is 14.2. The molecule has 188 valence electrons. The van der Waals surface area contributed by atoms with Gasteiger partial charge in [-0.25, -0.2) is 14.1 Å². The summed E-state index contributed by atoms with van der Waals surface area (Å²) in [5, 5.41) is 11.2. The molecular weight excluding hydrogens is 500 g/mol. The molecule has 0 unspecified atom stereocenters. The van der Waals surface area contributed by atoms with E-state index in [1.165, 1.54) is 28.4 Å². The monoisotopic (exact) mass is 520 g/mol. The zero-order valence-electron chi connectivity index (χ0n) is 19.3. The van der Waals surface area contributed by atoms with Crippen molar-refractivity contribution < 1.29 is 22.4 Å². The fraction of sp³-hybridized carbons (Fsp3) is 0.333. The minimum absolute atomic E-state index is 0.0112. The fourth-order valence-electron chi connectivity index (χ4n) is 4.18. The van der Waals surface area contributed by atoms with Crippen molar-refractivity contribution in [2.45, 2.75) is 51.9 Å². The second kappa shape index (κ2) is 8.88. The number of benzene rings is 1. The van der Waals surface area contributed by atoms with Crippen LogP contribution >= 0.6 is 11.6 Å². The van der Waals surface area contributed by atoms with Crippen molar-refractivity contribution in [3.8, 4) is 0 Å². The maximum Gasteiger partial charge on any atom is 0.417 e. The summed E-state index contributed by atoms with van der Waals surface area (Å²) in [7, 11) is 0. The number of rotatable bonds is 6. The van der Waals surface area contributed by atoms with Crippen LogP contribution in [-0.4, -0.2) is 30.5 Å². The summed E-state index contributed by atoms with van der Waals surface area (Å²) >= 11 is 6.10. The van der Waals surface area contributed by atoms with Crippen LogP contribution in [0.3, 0.4) is 0 Å². The summed E-state index contributed by atoms with van der Waals surface area (Å²) in [4.78, 5) is 17.2. The molecule has 7 nitrogen and oxygen atoms in total. The first-order chi connectivity index (χ1) is 17.0. The van der Waals surface area contributed by atoms with E-state index in [0.29, 0.717) is 11.4 Å². The van der Waals surface area contributed by atoms with E-state index in [2.05, 4.69) is 20.5 Å². The minimum Gasteiger partial charge on any atom is -0.308 e. The molecule has 1 aromatic carbocycles. The molecule has 0 atom stereocenters. The second-order valence-electron chi connectivity index (χ2n) is 8.89. The van der Waals surface area contributed by atoms with Gasteiger partial charge in [0.25, 0.3) is 0 Å².